The van der Waals surface area contributed by atoms with Crippen molar-refractivity contribution in [2.45, 2.75) is 6.92 Å². The van der Waals surface area contributed by atoms with Crippen molar-refractivity contribution in [2.24, 2.45) is 0 Å². The third-order valence-electron chi connectivity index (χ3n) is 1.71. The number of aryl methyl sites for hydroxylation is 1. The predicted molar refractivity (Wildman–Crippen MR) is 45.2 cm³/mol. The number of aromatic nitrogens is 3. The maximum absolute atomic E-state index is 5.03. The molecule has 0 fully saturated rings. The lowest BCUT2D eigenvalue weighted by molar-refractivity contribution is 0.394. The number of hydrogen-bond donors (Lipinski definition) is 1. The Balaban J connectivity index is 2.73. The highest BCUT2D eigenvalue weighted by Crippen LogP contribution is 2.15. The molecule has 2 heterocycles. The third-order valence-corrected chi connectivity index (χ3v) is 1.71. The van der Waals surface area contributed by atoms with Crippen molar-refractivity contribution in [1.82, 2.24) is 15.0 Å². The first-order valence-electron chi connectivity index (χ1n) is 3.67. The quantitative estimate of drug-likeness (QED) is 0.688. The lowest BCUT2D eigenvalue weighted by Gasteiger charge is -2.00. The van der Waals surface area contributed by atoms with Gasteiger partial charge in [0.25, 0.3) is 0 Å². The van der Waals surface area contributed by atoms with Crippen LogP contribution in [0.3, 0.4) is 0 Å². The summed E-state index contributed by atoms with van der Waals surface area (Å²) in [5.74, 6) is 0.585. The number of ether oxygens (including phenoxy) is 1. The van der Waals surface area contributed by atoms with Gasteiger partial charge < -0.3 is 9.72 Å². The minimum absolute atomic E-state index is 0.585. The van der Waals surface area contributed by atoms with Crippen molar-refractivity contribution in [3.63, 3.8) is 0 Å². The predicted octanol–water partition coefficient (Wildman–Crippen LogP) is 1.27. The zero-order chi connectivity index (χ0) is 8.55. The van der Waals surface area contributed by atoms with E-state index in [-0.39, 0.29) is 0 Å². The molecule has 1 N–H and O–H groups in total. The summed E-state index contributed by atoms with van der Waals surface area (Å²) in [5.41, 5.74) is 2.43. The van der Waals surface area contributed by atoms with E-state index in [0.29, 0.717) is 5.88 Å². The van der Waals surface area contributed by atoms with Crippen molar-refractivity contribution in [2.75, 3.05) is 7.11 Å². The molecular weight excluding hydrogens is 154 g/mol. The molecule has 2 aromatic heterocycles. The summed E-state index contributed by atoms with van der Waals surface area (Å²) in [4.78, 5) is 11.5. The van der Waals surface area contributed by atoms with Crippen molar-refractivity contribution >= 4 is 11.2 Å². The van der Waals surface area contributed by atoms with Crippen LogP contribution >= 0.6 is 0 Å². The van der Waals surface area contributed by atoms with Gasteiger partial charge in [0.15, 0.2) is 5.65 Å². The van der Waals surface area contributed by atoms with Gasteiger partial charge in [-0.1, -0.05) is 0 Å². The van der Waals surface area contributed by atoms with Crippen LogP contribution in [-0.2, 0) is 0 Å². The SMILES string of the molecule is COc1nc2cc[nH]c2nc1C. The molecule has 4 nitrogen and oxygen atoms in total. The van der Waals surface area contributed by atoms with Gasteiger partial charge in [-0.3, -0.25) is 0 Å². The van der Waals surface area contributed by atoms with Gasteiger partial charge >= 0.3 is 0 Å². The molecule has 0 saturated carbocycles. The van der Waals surface area contributed by atoms with Crippen LogP contribution < -0.4 is 4.74 Å². The van der Waals surface area contributed by atoms with Crippen LogP contribution in [0.2, 0.25) is 0 Å². The zero-order valence-electron chi connectivity index (χ0n) is 6.96. The van der Waals surface area contributed by atoms with Crippen molar-refractivity contribution < 1.29 is 4.74 Å². The molecule has 12 heavy (non-hydrogen) atoms. The van der Waals surface area contributed by atoms with E-state index in [4.69, 9.17) is 4.74 Å². The molecule has 2 aromatic rings. The Labute approximate surface area is 69.6 Å². The standard InChI is InChI=1S/C8H9N3O/c1-5-8(12-2)11-6-3-4-9-7(6)10-5/h3-4H,1-2H3,(H,9,10). The van der Waals surface area contributed by atoms with Gasteiger partial charge in [-0.15, -0.1) is 0 Å². The van der Waals surface area contributed by atoms with E-state index in [1.807, 2.05) is 19.2 Å². The number of nitrogens with zero attached hydrogens (tertiary/aromatic N) is 2. The fourth-order valence-corrected chi connectivity index (χ4v) is 1.13. The smallest absolute Gasteiger partial charge is 0.235 e. The fraction of sp³-hybridized carbons (Fsp3) is 0.250. The summed E-state index contributed by atoms with van der Waals surface area (Å²) < 4.78 is 5.03. The molecule has 0 spiro atoms. The molecule has 62 valence electrons. The maximum Gasteiger partial charge on any atom is 0.235 e. The molecule has 0 aromatic carbocycles. The Morgan fingerprint density at radius 2 is 2.25 bits per heavy atom. The Morgan fingerprint density at radius 1 is 1.42 bits per heavy atom. The molecule has 0 radical (unpaired) electrons. The zero-order valence-corrected chi connectivity index (χ0v) is 6.96. The van der Waals surface area contributed by atoms with E-state index in [0.717, 1.165) is 16.9 Å². The first-order valence-corrected chi connectivity index (χ1v) is 3.67. The topological polar surface area (TPSA) is 50.8 Å². The minimum Gasteiger partial charge on any atom is -0.480 e. The van der Waals surface area contributed by atoms with E-state index >= 15 is 0 Å². The molecule has 0 aliphatic carbocycles. The van der Waals surface area contributed by atoms with Crippen LogP contribution in [0, 0.1) is 6.92 Å². The summed E-state index contributed by atoms with van der Waals surface area (Å²) in [6, 6.07) is 1.87. The van der Waals surface area contributed by atoms with Crippen LogP contribution in [0.1, 0.15) is 5.69 Å². The van der Waals surface area contributed by atoms with E-state index in [1.165, 1.54) is 0 Å². The normalized spacial score (nSPS) is 10.5. The van der Waals surface area contributed by atoms with Gasteiger partial charge in [0.05, 0.1) is 7.11 Å². The van der Waals surface area contributed by atoms with Gasteiger partial charge in [-0.2, -0.15) is 0 Å². The fourth-order valence-electron chi connectivity index (χ4n) is 1.13. The lowest BCUT2D eigenvalue weighted by atomic mass is 10.4. The van der Waals surface area contributed by atoms with Gasteiger partial charge in [0, 0.05) is 6.20 Å². The molecule has 0 aliphatic rings. The number of H-pyrrole nitrogens is 1. The minimum atomic E-state index is 0.585. The van der Waals surface area contributed by atoms with E-state index in [2.05, 4.69) is 15.0 Å². The molecule has 4 heteroatoms. The second-order valence-corrected chi connectivity index (χ2v) is 2.53. The molecular formula is C8H9N3O. The number of nitrogens with one attached hydrogen (secondary N) is 1. The molecule has 0 aliphatic heterocycles. The van der Waals surface area contributed by atoms with Crippen LogP contribution in [0.15, 0.2) is 12.3 Å². The number of hydrogen-bond acceptors (Lipinski definition) is 3. The highest BCUT2D eigenvalue weighted by atomic mass is 16.5. The maximum atomic E-state index is 5.03. The summed E-state index contributed by atoms with van der Waals surface area (Å²) in [6.07, 6.45) is 1.81. The van der Waals surface area contributed by atoms with Crippen LogP contribution in [0.5, 0.6) is 5.88 Å². The summed E-state index contributed by atoms with van der Waals surface area (Å²) >= 11 is 0. The summed E-state index contributed by atoms with van der Waals surface area (Å²) in [6.45, 7) is 1.87. The summed E-state index contributed by atoms with van der Waals surface area (Å²) in [7, 11) is 1.59. The first kappa shape index (κ1) is 7.09. The highest BCUT2D eigenvalue weighted by Gasteiger charge is 2.04. The van der Waals surface area contributed by atoms with E-state index in [1.54, 1.807) is 7.11 Å². The Morgan fingerprint density at radius 3 is 3.00 bits per heavy atom. The van der Waals surface area contributed by atoms with Crippen LogP contribution in [-0.4, -0.2) is 22.1 Å². The van der Waals surface area contributed by atoms with Crippen molar-refractivity contribution in [3.8, 4) is 5.88 Å². The number of fused-ring (bicyclic) bond motifs is 1. The third kappa shape index (κ3) is 0.922. The highest BCUT2D eigenvalue weighted by molar-refractivity contribution is 5.71. The second-order valence-electron chi connectivity index (χ2n) is 2.53. The Bertz CT molecular complexity index is 408. The van der Waals surface area contributed by atoms with Crippen molar-refractivity contribution in [3.05, 3.63) is 18.0 Å². The Kier molecular flexibility index (Phi) is 1.46. The van der Waals surface area contributed by atoms with E-state index in [9.17, 15) is 0 Å². The average molecular weight is 163 g/mol. The molecule has 0 amide bonds. The van der Waals surface area contributed by atoms with Gasteiger partial charge in [0.1, 0.15) is 11.2 Å². The molecule has 2 rings (SSSR count). The number of methoxy groups -OCH3 is 1. The molecule has 0 atom stereocenters. The van der Waals surface area contributed by atoms with E-state index < -0.39 is 0 Å². The molecule has 0 bridgehead atoms. The van der Waals surface area contributed by atoms with Crippen LogP contribution in [0.25, 0.3) is 11.2 Å². The van der Waals surface area contributed by atoms with Gasteiger partial charge in [0.2, 0.25) is 5.88 Å². The largest absolute Gasteiger partial charge is 0.480 e. The lowest BCUT2D eigenvalue weighted by Crippen LogP contribution is -1.94. The summed E-state index contributed by atoms with van der Waals surface area (Å²) in [5, 5.41) is 0. The monoisotopic (exact) mass is 163 g/mol. The number of rotatable bonds is 1. The van der Waals surface area contributed by atoms with Crippen LogP contribution in [0.4, 0.5) is 0 Å². The molecule has 0 saturated heterocycles. The molecule has 0 unspecified atom stereocenters. The average Bonchev–Trinajstić information content (AvgIpc) is 2.49. The van der Waals surface area contributed by atoms with Gasteiger partial charge in [-0.05, 0) is 13.0 Å². The van der Waals surface area contributed by atoms with Crippen molar-refractivity contribution in [1.29, 1.82) is 0 Å². The number of aromatic amines is 1. The first-order chi connectivity index (χ1) is 5.81. The van der Waals surface area contributed by atoms with Gasteiger partial charge in [-0.25, -0.2) is 9.97 Å². The second kappa shape index (κ2) is 2.48. The Hall–Kier alpha value is -1.58.